The SMILES string of the molecule is CCNC(=NCC(C)(O)c1cnn(C)c1)NCCCCCCC(=O)OCC.I. The number of carbonyl (C=O) groups is 1. The molecule has 0 aliphatic heterocycles. The van der Waals surface area contributed by atoms with E-state index >= 15 is 0 Å². The fraction of sp³-hybridized carbons (Fsp3) is 0.737. The minimum atomic E-state index is -1.07. The maximum Gasteiger partial charge on any atom is 0.305 e. The molecule has 1 aromatic heterocycles. The molecular weight excluding hydrogens is 473 g/mol. The molecule has 3 N–H and O–H groups in total. The van der Waals surface area contributed by atoms with E-state index in [2.05, 4.69) is 20.7 Å². The first kappa shape index (κ1) is 26.6. The van der Waals surface area contributed by atoms with Gasteiger partial charge in [0.2, 0.25) is 0 Å². The first-order valence-corrected chi connectivity index (χ1v) is 9.78. The van der Waals surface area contributed by atoms with Gasteiger partial charge in [0.1, 0.15) is 5.60 Å². The number of halogens is 1. The number of aliphatic imine (C=N–C) groups is 1. The maximum atomic E-state index is 11.3. The van der Waals surface area contributed by atoms with Crippen molar-refractivity contribution in [3.63, 3.8) is 0 Å². The fourth-order valence-electron chi connectivity index (χ4n) is 2.55. The molecule has 0 amide bonds. The number of aromatic nitrogens is 2. The molecule has 1 heterocycles. The lowest BCUT2D eigenvalue weighted by Gasteiger charge is -2.20. The summed E-state index contributed by atoms with van der Waals surface area (Å²) >= 11 is 0. The van der Waals surface area contributed by atoms with Crippen LogP contribution in [0.5, 0.6) is 0 Å². The van der Waals surface area contributed by atoms with Gasteiger partial charge in [-0.15, -0.1) is 24.0 Å². The highest BCUT2D eigenvalue weighted by Gasteiger charge is 2.24. The van der Waals surface area contributed by atoms with Gasteiger partial charge in [0.05, 0.1) is 19.3 Å². The molecule has 28 heavy (non-hydrogen) atoms. The number of nitrogens with zero attached hydrogens (tertiary/aromatic N) is 3. The van der Waals surface area contributed by atoms with E-state index in [1.807, 2.05) is 20.9 Å². The molecule has 162 valence electrons. The molecule has 0 aromatic carbocycles. The average Bonchev–Trinajstić information content (AvgIpc) is 3.06. The van der Waals surface area contributed by atoms with Crippen LogP contribution in [0.25, 0.3) is 0 Å². The number of aliphatic hydroxyl groups is 1. The van der Waals surface area contributed by atoms with Crippen LogP contribution in [-0.2, 0) is 22.2 Å². The number of unbranched alkanes of at least 4 members (excludes halogenated alkanes) is 3. The number of aryl methyl sites for hydroxylation is 1. The van der Waals surface area contributed by atoms with E-state index < -0.39 is 5.60 Å². The Morgan fingerprint density at radius 3 is 2.61 bits per heavy atom. The minimum Gasteiger partial charge on any atom is -0.466 e. The second-order valence-corrected chi connectivity index (χ2v) is 6.77. The standard InChI is InChI=1S/C19H35N5O3.HI/c1-5-20-18(21-12-10-8-7-9-11-17(25)27-6-2)22-15-19(3,26)16-13-23-24(4)14-16;/h13-14,26H,5-12,15H2,1-4H3,(H2,20,21,22);1H. The van der Waals surface area contributed by atoms with E-state index in [0.717, 1.165) is 44.3 Å². The summed E-state index contributed by atoms with van der Waals surface area (Å²) in [6.07, 6.45) is 7.85. The average molecular weight is 509 g/mol. The Bertz CT molecular complexity index is 590. The molecule has 0 radical (unpaired) electrons. The molecule has 0 spiro atoms. The normalized spacial score (nSPS) is 13.4. The van der Waals surface area contributed by atoms with Gasteiger partial charge in [-0.2, -0.15) is 5.10 Å². The van der Waals surface area contributed by atoms with Gasteiger partial charge in [0, 0.05) is 38.3 Å². The zero-order valence-electron chi connectivity index (χ0n) is 17.5. The predicted octanol–water partition coefficient (Wildman–Crippen LogP) is 2.31. The van der Waals surface area contributed by atoms with Crippen molar-refractivity contribution in [2.45, 2.75) is 58.5 Å². The molecule has 0 bridgehead atoms. The Balaban J connectivity index is 0.00000729. The van der Waals surface area contributed by atoms with Crippen molar-refractivity contribution >= 4 is 35.9 Å². The lowest BCUT2D eigenvalue weighted by molar-refractivity contribution is -0.143. The number of hydrogen-bond acceptors (Lipinski definition) is 5. The summed E-state index contributed by atoms with van der Waals surface area (Å²) in [7, 11) is 1.82. The highest BCUT2D eigenvalue weighted by Crippen LogP contribution is 2.19. The highest BCUT2D eigenvalue weighted by molar-refractivity contribution is 14.0. The summed E-state index contributed by atoms with van der Waals surface area (Å²) in [6, 6.07) is 0. The van der Waals surface area contributed by atoms with Gasteiger partial charge in [-0.3, -0.25) is 9.48 Å². The summed E-state index contributed by atoms with van der Waals surface area (Å²) in [5.74, 6) is 0.575. The van der Waals surface area contributed by atoms with Crippen LogP contribution in [-0.4, -0.2) is 53.1 Å². The van der Waals surface area contributed by atoms with Gasteiger partial charge < -0.3 is 20.5 Å². The topological polar surface area (TPSA) is 101 Å². The first-order valence-electron chi connectivity index (χ1n) is 9.78. The number of esters is 1. The number of nitrogens with one attached hydrogen (secondary N) is 2. The van der Waals surface area contributed by atoms with Gasteiger partial charge in [-0.05, 0) is 33.6 Å². The lowest BCUT2D eigenvalue weighted by atomic mass is 10.0. The third kappa shape index (κ3) is 10.8. The molecular formula is C19H36IN5O3. The summed E-state index contributed by atoms with van der Waals surface area (Å²) < 4.78 is 6.58. The Morgan fingerprint density at radius 2 is 2.00 bits per heavy atom. The summed E-state index contributed by atoms with van der Waals surface area (Å²) in [5, 5.41) is 21.2. The van der Waals surface area contributed by atoms with E-state index in [1.54, 1.807) is 24.0 Å². The number of rotatable bonds is 12. The maximum absolute atomic E-state index is 11.3. The van der Waals surface area contributed by atoms with Crippen LogP contribution < -0.4 is 10.6 Å². The highest BCUT2D eigenvalue weighted by atomic mass is 127. The van der Waals surface area contributed by atoms with Crippen LogP contribution >= 0.6 is 24.0 Å². The van der Waals surface area contributed by atoms with Crippen LogP contribution in [0, 0.1) is 0 Å². The molecule has 1 atom stereocenters. The van der Waals surface area contributed by atoms with Gasteiger partial charge >= 0.3 is 5.97 Å². The molecule has 1 aromatic rings. The molecule has 0 fully saturated rings. The van der Waals surface area contributed by atoms with Crippen LogP contribution in [0.2, 0.25) is 0 Å². The van der Waals surface area contributed by atoms with Crippen molar-refractivity contribution < 1.29 is 14.6 Å². The molecule has 9 heteroatoms. The first-order chi connectivity index (χ1) is 12.9. The second-order valence-electron chi connectivity index (χ2n) is 6.77. The molecule has 1 unspecified atom stereocenters. The number of hydrogen-bond donors (Lipinski definition) is 3. The van der Waals surface area contributed by atoms with E-state index in [9.17, 15) is 9.90 Å². The van der Waals surface area contributed by atoms with Gasteiger partial charge in [0.25, 0.3) is 0 Å². The van der Waals surface area contributed by atoms with Gasteiger partial charge in [-0.1, -0.05) is 12.8 Å². The Kier molecular flexibility index (Phi) is 13.9. The smallest absolute Gasteiger partial charge is 0.305 e. The van der Waals surface area contributed by atoms with Crippen molar-refractivity contribution in [3.8, 4) is 0 Å². The third-order valence-corrected chi connectivity index (χ3v) is 4.12. The Morgan fingerprint density at radius 1 is 1.29 bits per heavy atom. The summed E-state index contributed by atoms with van der Waals surface area (Å²) in [6.45, 7) is 7.80. The minimum absolute atomic E-state index is 0. The third-order valence-electron chi connectivity index (χ3n) is 4.12. The Labute approximate surface area is 185 Å². The second kappa shape index (κ2) is 14.6. The molecule has 1 rings (SSSR count). The Hall–Kier alpha value is -1.36. The van der Waals surface area contributed by atoms with Crippen LogP contribution in [0.1, 0.15) is 58.4 Å². The number of carbonyl (C=O) groups excluding carboxylic acids is 1. The van der Waals surface area contributed by atoms with Gasteiger partial charge in [-0.25, -0.2) is 4.99 Å². The summed E-state index contributed by atoms with van der Waals surface area (Å²) in [4.78, 5) is 15.8. The van der Waals surface area contributed by atoms with E-state index in [4.69, 9.17) is 4.74 Å². The molecule has 0 saturated carbocycles. The summed E-state index contributed by atoms with van der Waals surface area (Å²) in [5.41, 5.74) is -0.324. The molecule has 0 aliphatic carbocycles. The van der Waals surface area contributed by atoms with Crippen molar-refractivity contribution in [2.75, 3.05) is 26.2 Å². The van der Waals surface area contributed by atoms with E-state index in [-0.39, 0.29) is 36.5 Å². The zero-order valence-corrected chi connectivity index (χ0v) is 19.9. The monoisotopic (exact) mass is 509 g/mol. The molecule has 0 saturated heterocycles. The van der Waals surface area contributed by atoms with Crippen LogP contribution in [0.15, 0.2) is 17.4 Å². The van der Waals surface area contributed by atoms with Crippen LogP contribution in [0.4, 0.5) is 0 Å². The van der Waals surface area contributed by atoms with Gasteiger partial charge in [0.15, 0.2) is 5.96 Å². The number of guanidine groups is 1. The zero-order chi connectivity index (χ0) is 20.1. The largest absolute Gasteiger partial charge is 0.466 e. The van der Waals surface area contributed by atoms with E-state index in [1.165, 1.54) is 0 Å². The molecule has 0 aliphatic rings. The van der Waals surface area contributed by atoms with Crippen molar-refractivity contribution in [2.24, 2.45) is 12.0 Å². The molecule has 8 nitrogen and oxygen atoms in total. The van der Waals surface area contributed by atoms with Crippen molar-refractivity contribution in [1.82, 2.24) is 20.4 Å². The van der Waals surface area contributed by atoms with Crippen LogP contribution in [0.3, 0.4) is 0 Å². The fourth-order valence-corrected chi connectivity index (χ4v) is 2.55. The predicted molar refractivity (Wildman–Crippen MR) is 122 cm³/mol. The quantitative estimate of drug-likeness (QED) is 0.132. The lowest BCUT2D eigenvalue weighted by Crippen LogP contribution is -2.39. The van der Waals surface area contributed by atoms with Crippen molar-refractivity contribution in [3.05, 3.63) is 18.0 Å². The van der Waals surface area contributed by atoms with Crippen molar-refractivity contribution in [1.29, 1.82) is 0 Å². The van der Waals surface area contributed by atoms with E-state index in [0.29, 0.717) is 19.0 Å². The number of ether oxygens (including phenoxy) is 1.